The van der Waals surface area contributed by atoms with Crippen LogP contribution < -0.4 is 0 Å². The zero-order chi connectivity index (χ0) is 5.82. The van der Waals surface area contributed by atoms with Crippen molar-refractivity contribution in [3.05, 3.63) is 30.1 Å². The van der Waals surface area contributed by atoms with E-state index in [4.69, 9.17) is 0 Å². The molecule has 0 N–H and O–H groups in total. The van der Waals surface area contributed by atoms with Gasteiger partial charge in [-0.1, -0.05) is 13.0 Å². The minimum Gasteiger partial charge on any atom is -0.261 e. The number of pyridine rings is 1. The summed E-state index contributed by atoms with van der Waals surface area (Å²) in [5, 5.41) is 0. The summed E-state index contributed by atoms with van der Waals surface area (Å²) in [6, 6.07) is 6.71. The van der Waals surface area contributed by atoms with Gasteiger partial charge in [-0.3, -0.25) is 4.98 Å². The number of rotatable bonds is 1. The van der Waals surface area contributed by atoms with Gasteiger partial charge >= 0.3 is 0 Å². The smallest absolute Gasteiger partial charge is 0.0401 e. The number of aromatic nitrogens is 1. The van der Waals surface area contributed by atoms with Crippen molar-refractivity contribution in [2.24, 2.45) is 0 Å². The summed E-state index contributed by atoms with van der Waals surface area (Å²) in [4.78, 5) is 4.04. The normalized spacial score (nSPS) is 9.12. The molecule has 0 unspecified atom stereocenters. The molecule has 0 bridgehead atoms. The Morgan fingerprint density at radius 2 is 2.62 bits per heavy atom. The lowest BCUT2D eigenvalue weighted by Gasteiger charge is -1.88. The van der Waals surface area contributed by atoms with Crippen LogP contribution in [0.25, 0.3) is 0 Å². The van der Waals surface area contributed by atoms with E-state index in [-0.39, 0.29) is 0 Å². The third-order valence-corrected chi connectivity index (χ3v) is 1.04. The summed E-state index contributed by atoms with van der Waals surface area (Å²) in [5.41, 5.74) is 1.13. The van der Waals surface area contributed by atoms with Crippen LogP contribution in [0.15, 0.2) is 18.3 Å². The van der Waals surface area contributed by atoms with E-state index in [1.165, 1.54) is 0 Å². The van der Waals surface area contributed by atoms with Gasteiger partial charge in [-0.05, 0) is 12.5 Å². The maximum atomic E-state index is 4.04. The van der Waals surface area contributed by atoms with Crippen molar-refractivity contribution in [1.82, 2.24) is 4.98 Å². The molecule has 1 nitrogen and oxygen atoms in total. The first-order chi connectivity index (χ1) is 3.93. The molecular weight excluding hydrogens is 98.1 g/mol. The van der Waals surface area contributed by atoms with Gasteiger partial charge in [0.2, 0.25) is 0 Å². The Kier molecular flexibility index (Phi) is 1.62. The van der Waals surface area contributed by atoms with Crippen LogP contribution >= 0.6 is 0 Å². The van der Waals surface area contributed by atoms with E-state index in [9.17, 15) is 0 Å². The zero-order valence-corrected chi connectivity index (χ0v) is 4.89. The molecule has 0 spiro atoms. The summed E-state index contributed by atoms with van der Waals surface area (Å²) >= 11 is 0. The molecule has 0 saturated heterocycles. The summed E-state index contributed by atoms with van der Waals surface area (Å²) in [6.07, 6.45) is 2.70. The summed E-state index contributed by atoms with van der Waals surface area (Å²) in [6.45, 7) is 2.09. The highest BCUT2D eigenvalue weighted by molar-refractivity contribution is 5.01. The molecule has 0 aliphatic rings. The molecule has 1 rings (SSSR count). The lowest BCUT2D eigenvalue weighted by atomic mass is 10.3. The van der Waals surface area contributed by atoms with Crippen LogP contribution in [0.4, 0.5) is 0 Å². The van der Waals surface area contributed by atoms with Gasteiger partial charge in [0, 0.05) is 18.0 Å². The fraction of sp³-hybridized carbons (Fsp3) is 0.286. The van der Waals surface area contributed by atoms with Crippen LogP contribution in [0.2, 0.25) is 0 Å². The molecule has 0 fully saturated rings. The van der Waals surface area contributed by atoms with Gasteiger partial charge in [-0.25, -0.2) is 0 Å². The predicted octanol–water partition coefficient (Wildman–Crippen LogP) is 1.44. The average Bonchev–Trinajstić information content (AvgIpc) is 1.90. The maximum Gasteiger partial charge on any atom is 0.0401 e. The van der Waals surface area contributed by atoms with Gasteiger partial charge in [0.25, 0.3) is 0 Å². The Morgan fingerprint density at radius 1 is 1.75 bits per heavy atom. The van der Waals surface area contributed by atoms with Gasteiger partial charge in [0.15, 0.2) is 0 Å². The Balaban J connectivity index is 2.83. The van der Waals surface area contributed by atoms with Crippen molar-refractivity contribution in [2.45, 2.75) is 13.3 Å². The largest absolute Gasteiger partial charge is 0.261 e. The average molecular weight is 106 g/mol. The van der Waals surface area contributed by atoms with Gasteiger partial charge in [0.05, 0.1) is 0 Å². The Labute approximate surface area is 49.4 Å². The molecule has 1 heteroatoms. The molecule has 0 aromatic carbocycles. The van der Waals surface area contributed by atoms with Gasteiger partial charge in [0.1, 0.15) is 0 Å². The van der Waals surface area contributed by atoms with Gasteiger partial charge in [-0.15, -0.1) is 0 Å². The quantitative estimate of drug-likeness (QED) is 0.528. The third kappa shape index (κ3) is 1.06. The second-order valence-electron chi connectivity index (χ2n) is 1.60. The summed E-state index contributed by atoms with van der Waals surface area (Å²) < 4.78 is 0. The third-order valence-electron chi connectivity index (χ3n) is 1.04. The van der Waals surface area contributed by atoms with Crippen molar-refractivity contribution in [2.75, 3.05) is 0 Å². The molecule has 0 saturated carbocycles. The lowest BCUT2D eigenvalue weighted by molar-refractivity contribution is 1.03. The fourth-order valence-electron chi connectivity index (χ4n) is 0.560. The van der Waals surface area contributed by atoms with Crippen molar-refractivity contribution in [3.63, 3.8) is 0 Å². The zero-order valence-electron chi connectivity index (χ0n) is 4.89. The SMILES string of the molecule is CCc1cc[c]cn1. The first kappa shape index (κ1) is 5.29. The van der Waals surface area contributed by atoms with Crippen molar-refractivity contribution in [1.29, 1.82) is 0 Å². The molecule has 1 aromatic rings. The van der Waals surface area contributed by atoms with Gasteiger partial charge < -0.3 is 0 Å². The highest BCUT2D eigenvalue weighted by Crippen LogP contribution is 1.90. The van der Waals surface area contributed by atoms with E-state index in [2.05, 4.69) is 18.0 Å². The monoisotopic (exact) mass is 106 g/mol. The second-order valence-corrected chi connectivity index (χ2v) is 1.60. The summed E-state index contributed by atoms with van der Waals surface area (Å²) in [7, 11) is 0. The van der Waals surface area contributed by atoms with E-state index in [1.54, 1.807) is 6.20 Å². The fourth-order valence-corrected chi connectivity index (χ4v) is 0.560. The Bertz CT molecular complexity index is 146. The molecule has 8 heavy (non-hydrogen) atoms. The second kappa shape index (κ2) is 2.46. The van der Waals surface area contributed by atoms with E-state index >= 15 is 0 Å². The van der Waals surface area contributed by atoms with Crippen LogP contribution in [0, 0.1) is 6.07 Å². The van der Waals surface area contributed by atoms with Crippen molar-refractivity contribution >= 4 is 0 Å². The van der Waals surface area contributed by atoms with Crippen molar-refractivity contribution < 1.29 is 0 Å². The first-order valence-corrected chi connectivity index (χ1v) is 2.74. The van der Waals surface area contributed by atoms with E-state index in [1.807, 2.05) is 12.1 Å². The molecule has 1 heterocycles. The topological polar surface area (TPSA) is 12.9 Å². The number of hydrogen-bond acceptors (Lipinski definition) is 1. The van der Waals surface area contributed by atoms with Gasteiger partial charge in [-0.2, -0.15) is 0 Å². The first-order valence-electron chi connectivity index (χ1n) is 2.74. The highest BCUT2D eigenvalue weighted by Gasteiger charge is 1.82. The van der Waals surface area contributed by atoms with Crippen molar-refractivity contribution in [3.8, 4) is 0 Å². The molecule has 0 aliphatic heterocycles. The van der Waals surface area contributed by atoms with Crippen LogP contribution in [0.5, 0.6) is 0 Å². The molecule has 1 aromatic heterocycles. The molecule has 0 aliphatic carbocycles. The minimum atomic E-state index is 1.01. The van der Waals surface area contributed by atoms with Crippen LogP contribution in [0.3, 0.4) is 0 Å². The molecule has 0 amide bonds. The van der Waals surface area contributed by atoms with E-state index in [0.29, 0.717) is 0 Å². The highest BCUT2D eigenvalue weighted by atomic mass is 14.6. The molecule has 1 radical (unpaired) electrons. The minimum absolute atomic E-state index is 1.01. The van der Waals surface area contributed by atoms with Crippen LogP contribution in [-0.2, 0) is 6.42 Å². The van der Waals surface area contributed by atoms with E-state index < -0.39 is 0 Å². The molecule has 41 valence electrons. The number of aryl methyl sites for hydroxylation is 1. The summed E-state index contributed by atoms with van der Waals surface area (Å²) in [5.74, 6) is 0. The lowest BCUT2D eigenvalue weighted by Crippen LogP contribution is -1.81. The Morgan fingerprint density at radius 3 is 3.00 bits per heavy atom. The molecular formula is C7H8N. The Hall–Kier alpha value is -0.850. The van der Waals surface area contributed by atoms with Crippen LogP contribution in [-0.4, -0.2) is 4.98 Å². The predicted molar refractivity (Wildman–Crippen MR) is 32.5 cm³/mol. The standard InChI is InChI=1S/C7H8N/c1-2-7-5-3-4-6-8-7/h3,5-6H,2H2,1H3. The van der Waals surface area contributed by atoms with Crippen LogP contribution in [0.1, 0.15) is 12.6 Å². The maximum absolute atomic E-state index is 4.04. The number of hydrogen-bond donors (Lipinski definition) is 0. The molecule has 0 atom stereocenters. The van der Waals surface area contributed by atoms with E-state index in [0.717, 1.165) is 12.1 Å². The number of nitrogens with zero attached hydrogens (tertiary/aromatic N) is 1.